The number of hydrogen-bond acceptors (Lipinski definition) is 6. The number of nitrogens with one attached hydrogen (secondary N) is 1. The Labute approximate surface area is 196 Å². The lowest BCUT2D eigenvalue weighted by atomic mass is 10.1. The maximum absolute atomic E-state index is 14.0. The minimum atomic E-state index is -0.424. The molecule has 1 atom stereocenters. The Morgan fingerprint density at radius 3 is 2.76 bits per heavy atom. The van der Waals surface area contributed by atoms with Gasteiger partial charge in [-0.3, -0.25) is 9.36 Å². The van der Waals surface area contributed by atoms with Gasteiger partial charge in [0.15, 0.2) is 5.16 Å². The van der Waals surface area contributed by atoms with Crippen LogP contribution in [0.4, 0.5) is 16.0 Å². The molecule has 0 spiro atoms. The highest BCUT2D eigenvalue weighted by Gasteiger charge is 2.25. The van der Waals surface area contributed by atoms with E-state index in [1.165, 1.54) is 41.4 Å². The number of amides is 1. The van der Waals surface area contributed by atoms with Crippen LogP contribution in [0, 0.1) is 5.82 Å². The number of carbonyl (C=O) groups excluding carboxylic acids is 1. The number of hydrogen-bond donors (Lipinski definition) is 1. The summed E-state index contributed by atoms with van der Waals surface area (Å²) in [5.41, 5.74) is 4.12. The number of aryl methyl sites for hydroxylation is 2. The number of anilines is 2. The molecule has 2 heterocycles. The highest BCUT2D eigenvalue weighted by atomic mass is 32.2. The summed E-state index contributed by atoms with van der Waals surface area (Å²) in [4.78, 5) is 15.0. The Hall–Kier alpha value is -2.91. The van der Waals surface area contributed by atoms with Gasteiger partial charge >= 0.3 is 0 Å². The van der Waals surface area contributed by atoms with Crippen LogP contribution in [0.5, 0.6) is 0 Å². The van der Waals surface area contributed by atoms with Crippen LogP contribution < -0.4 is 10.2 Å². The molecule has 1 unspecified atom stereocenters. The number of aromatic nitrogens is 3. The summed E-state index contributed by atoms with van der Waals surface area (Å²) >= 11 is 1.31. The van der Waals surface area contributed by atoms with Crippen LogP contribution in [0.25, 0.3) is 5.69 Å². The summed E-state index contributed by atoms with van der Waals surface area (Å²) in [7, 11) is 0. The molecule has 1 aromatic heterocycles. The van der Waals surface area contributed by atoms with Crippen LogP contribution in [0.1, 0.15) is 24.5 Å². The van der Waals surface area contributed by atoms with Crippen molar-refractivity contribution in [3.8, 4) is 5.69 Å². The molecule has 33 heavy (non-hydrogen) atoms. The number of thioether (sulfide) groups is 1. The first-order valence-electron chi connectivity index (χ1n) is 11.2. The molecule has 1 fully saturated rings. The Morgan fingerprint density at radius 2 is 1.94 bits per heavy atom. The molecule has 1 saturated heterocycles. The fourth-order valence-electron chi connectivity index (χ4n) is 4.25. The number of ether oxygens (including phenoxy) is 1. The maximum atomic E-state index is 14.0. The van der Waals surface area contributed by atoms with Crippen LogP contribution >= 0.6 is 11.8 Å². The van der Waals surface area contributed by atoms with E-state index in [2.05, 4.69) is 32.5 Å². The highest BCUT2D eigenvalue weighted by molar-refractivity contribution is 8.00. The average molecular weight is 468 g/mol. The number of halogens is 1. The SMILES string of the molecule is CC(Sc1nnc(N2CCOCC2)n1-c1cccc(F)c1)C(=O)Nc1ccc2c(c1)CCC2. The van der Waals surface area contributed by atoms with E-state index >= 15 is 0 Å². The second-order valence-corrected chi connectivity index (χ2v) is 9.59. The number of carbonyl (C=O) groups is 1. The monoisotopic (exact) mass is 467 g/mol. The van der Waals surface area contributed by atoms with Crippen LogP contribution in [-0.2, 0) is 22.4 Å². The van der Waals surface area contributed by atoms with Gasteiger partial charge in [-0.15, -0.1) is 10.2 Å². The highest BCUT2D eigenvalue weighted by Crippen LogP contribution is 2.31. The zero-order valence-electron chi connectivity index (χ0n) is 18.5. The second-order valence-electron chi connectivity index (χ2n) is 8.28. The van der Waals surface area contributed by atoms with Gasteiger partial charge in [0.1, 0.15) is 5.82 Å². The molecular weight excluding hydrogens is 441 g/mol. The van der Waals surface area contributed by atoms with Crippen molar-refractivity contribution in [3.63, 3.8) is 0 Å². The molecule has 7 nitrogen and oxygen atoms in total. The normalized spacial score (nSPS) is 16.5. The van der Waals surface area contributed by atoms with E-state index in [1.54, 1.807) is 6.07 Å². The molecule has 1 aliphatic heterocycles. The van der Waals surface area contributed by atoms with E-state index < -0.39 is 5.25 Å². The molecular formula is C24H26FN5O2S. The molecule has 0 bridgehead atoms. The van der Waals surface area contributed by atoms with Crippen LogP contribution in [0.3, 0.4) is 0 Å². The van der Waals surface area contributed by atoms with Gasteiger partial charge in [0, 0.05) is 18.8 Å². The van der Waals surface area contributed by atoms with Crippen molar-refractivity contribution in [2.45, 2.75) is 36.6 Å². The van der Waals surface area contributed by atoms with Crippen molar-refractivity contribution in [1.82, 2.24) is 14.8 Å². The third-order valence-corrected chi connectivity index (χ3v) is 7.04. The Bertz CT molecular complexity index is 1160. The molecule has 1 amide bonds. The standard InChI is InChI=1S/C24H26FN5O2S/c1-16(22(31)26-20-9-8-17-4-2-5-18(17)14-20)33-24-28-27-23(29-10-12-32-13-11-29)30(24)21-7-3-6-19(25)15-21/h3,6-9,14-16H,2,4-5,10-13H2,1H3,(H,26,31). The first kappa shape index (κ1) is 21.9. The van der Waals surface area contributed by atoms with Gasteiger partial charge in [-0.25, -0.2) is 4.39 Å². The van der Waals surface area contributed by atoms with Gasteiger partial charge < -0.3 is 15.0 Å². The third kappa shape index (κ3) is 4.74. The van der Waals surface area contributed by atoms with Crippen molar-refractivity contribution in [2.75, 3.05) is 36.5 Å². The fraction of sp³-hybridized carbons (Fsp3) is 0.375. The number of benzene rings is 2. The topological polar surface area (TPSA) is 72.3 Å². The van der Waals surface area contributed by atoms with Gasteiger partial charge in [0.05, 0.1) is 24.2 Å². The van der Waals surface area contributed by atoms with Gasteiger partial charge in [-0.05, 0) is 67.6 Å². The van der Waals surface area contributed by atoms with Crippen molar-refractivity contribution < 1.29 is 13.9 Å². The Kier molecular flexibility index (Phi) is 6.32. The largest absolute Gasteiger partial charge is 0.378 e. The zero-order chi connectivity index (χ0) is 22.8. The molecule has 3 aromatic rings. The summed E-state index contributed by atoms with van der Waals surface area (Å²) in [6.07, 6.45) is 3.33. The van der Waals surface area contributed by atoms with Crippen molar-refractivity contribution in [2.24, 2.45) is 0 Å². The van der Waals surface area contributed by atoms with E-state index in [1.807, 2.05) is 23.6 Å². The van der Waals surface area contributed by atoms with Gasteiger partial charge in [-0.2, -0.15) is 0 Å². The summed E-state index contributed by atoms with van der Waals surface area (Å²) in [6.45, 7) is 4.38. The minimum Gasteiger partial charge on any atom is -0.378 e. The predicted molar refractivity (Wildman–Crippen MR) is 127 cm³/mol. The first-order chi connectivity index (χ1) is 16.1. The van der Waals surface area contributed by atoms with Crippen molar-refractivity contribution in [1.29, 1.82) is 0 Å². The molecule has 1 N–H and O–H groups in total. The lowest BCUT2D eigenvalue weighted by molar-refractivity contribution is -0.115. The first-order valence-corrected chi connectivity index (χ1v) is 12.1. The lowest BCUT2D eigenvalue weighted by Gasteiger charge is -2.28. The van der Waals surface area contributed by atoms with Crippen LogP contribution in [-0.4, -0.2) is 52.2 Å². The van der Waals surface area contributed by atoms with E-state index in [4.69, 9.17) is 4.74 Å². The molecule has 5 rings (SSSR count). The fourth-order valence-corrected chi connectivity index (χ4v) is 5.12. The van der Waals surface area contributed by atoms with E-state index in [-0.39, 0.29) is 11.7 Å². The third-order valence-electron chi connectivity index (χ3n) is 5.99. The lowest BCUT2D eigenvalue weighted by Crippen LogP contribution is -2.38. The predicted octanol–water partition coefficient (Wildman–Crippen LogP) is 3.85. The summed E-state index contributed by atoms with van der Waals surface area (Å²) in [5.74, 6) is 0.171. The summed E-state index contributed by atoms with van der Waals surface area (Å²) < 4.78 is 21.3. The van der Waals surface area contributed by atoms with Crippen molar-refractivity contribution in [3.05, 3.63) is 59.4 Å². The zero-order valence-corrected chi connectivity index (χ0v) is 19.3. The minimum absolute atomic E-state index is 0.111. The molecule has 9 heteroatoms. The average Bonchev–Trinajstić information content (AvgIpc) is 3.46. The van der Waals surface area contributed by atoms with Crippen molar-refractivity contribution >= 4 is 29.3 Å². The molecule has 0 saturated carbocycles. The maximum Gasteiger partial charge on any atom is 0.237 e. The Morgan fingerprint density at radius 1 is 1.12 bits per heavy atom. The van der Waals surface area contributed by atoms with E-state index in [0.29, 0.717) is 43.1 Å². The molecule has 1 aliphatic carbocycles. The van der Waals surface area contributed by atoms with E-state index in [9.17, 15) is 9.18 Å². The Balaban J connectivity index is 1.38. The van der Waals surface area contributed by atoms with Crippen LogP contribution in [0.15, 0.2) is 47.6 Å². The summed E-state index contributed by atoms with van der Waals surface area (Å²) in [5, 5.41) is 11.9. The van der Waals surface area contributed by atoms with E-state index in [0.717, 1.165) is 18.5 Å². The number of fused-ring (bicyclic) bond motifs is 1. The smallest absolute Gasteiger partial charge is 0.237 e. The number of rotatable bonds is 6. The second kappa shape index (κ2) is 9.52. The molecule has 2 aliphatic rings. The van der Waals surface area contributed by atoms with Gasteiger partial charge in [-0.1, -0.05) is 23.9 Å². The van der Waals surface area contributed by atoms with Gasteiger partial charge in [0.2, 0.25) is 11.9 Å². The molecule has 172 valence electrons. The summed E-state index contributed by atoms with van der Waals surface area (Å²) in [6, 6.07) is 12.5. The number of nitrogens with zero attached hydrogens (tertiary/aromatic N) is 4. The van der Waals surface area contributed by atoms with Crippen LogP contribution in [0.2, 0.25) is 0 Å². The molecule has 0 radical (unpaired) electrons. The quantitative estimate of drug-likeness (QED) is 0.556. The van der Waals surface area contributed by atoms with Gasteiger partial charge in [0.25, 0.3) is 0 Å². The number of morpholine rings is 1. The molecule has 2 aromatic carbocycles.